The van der Waals surface area contributed by atoms with Gasteiger partial charge in [0, 0.05) is 11.8 Å². The fourth-order valence-electron chi connectivity index (χ4n) is 1.02. The first-order chi connectivity index (χ1) is 6.27. The van der Waals surface area contributed by atoms with Crippen molar-refractivity contribution in [2.75, 3.05) is 13.7 Å². The van der Waals surface area contributed by atoms with E-state index in [1.165, 1.54) is 0 Å². The van der Waals surface area contributed by atoms with Crippen molar-refractivity contribution in [2.24, 2.45) is 0 Å². The number of nitrogens with zero attached hydrogens (tertiary/aromatic N) is 1. The molecular formula is C10H13NO2. The molecule has 3 heteroatoms. The summed E-state index contributed by atoms with van der Waals surface area (Å²) in [6.45, 7) is 1.95. The zero-order valence-corrected chi connectivity index (χ0v) is 7.82. The van der Waals surface area contributed by atoms with Crippen LogP contribution in [0, 0.1) is 6.92 Å². The molecule has 0 aliphatic carbocycles. The van der Waals surface area contributed by atoms with Gasteiger partial charge in [-0.2, -0.15) is 0 Å². The van der Waals surface area contributed by atoms with Gasteiger partial charge in [-0.1, -0.05) is 12.2 Å². The summed E-state index contributed by atoms with van der Waals surface area (Å²) in [4.78, 5) is 4.19. The van der Waals surface area contributed by atoms with Crippen molar-refractivity contribution in [2.45, 2.75) is 6.92 Å². The van der Waals surface area contributed by atoms with Crippen LogP contribution in [0.25, 0.3) is 6.08 Å². The molecule has 1 N–H and O–H groups in total. The van der Waals surface area contributed by atoms with Crippen LogP contribution in [0.15, 0.2) is 18.2 Å². The SMILES string of the molecule is COc1ccc(C=CCO)c(C)n1. The van der Waals surface area contributed by atoms with Gasteiger partial charge in [-0.25, -0.2) is 4.98 Å². The maximum atomic E-state index is 8.59. The highest BCUT2D eigenvalue weighted by Crippen LogP contribution is 2.12. The average Bonchev–Trinajstić information content (AvgIpc) is 2.16. The summed E-state index contributed by atoms with van der Waals surface area (Å²) in [5, 5.41) is 8.59. The van der Waals surface area contributed by atoms with Gasteiger partial charge in [0.05, 0.1) is 13.7 Å². The van der Waals surface area contributed by atoms with E-state index in [2.05, 4.69) is 4.98 Å². The lowest BCUT2D eigenvalue weighted by molar-refractivity contribution is 0.343. The predicted molar refractivity (Wildman–Crippen MR) is 51.6 cm³/mol. The number of ether oxygens (including phenoxy) is 1. The highest BCUT2D eigenvalue weighted by atomic mass is 16.5. The molecule has 1 aromatic heterocycles. The zero-order valence-electron chi connectivity index (χ0n) is 7.82. The third-order valence-corrected chi connectivity index (χ3v) is 1.71. The maximum Gasteiger partial charge on any atom is 0.213 e. The Morgan fingerprint density at radius 2 is 2.31 bits per heavy atom. The van der Waals surface area contributed by atoms with Crippen molar-refractivity contribution in [1.82, 2.24) is 4.98 Å². The highest BCUT2D eigenvalue weighted by molar-refractivity contribution is 5.52. The summed E-state index contributed by atoms with van der Waals surface area (Å²) in [6, 6.07) is 3.71. The Bertz CT molecular complexity index is 308. The number of hydrogen-bond donors (Lipinski definition) is 1. The Morgan fingerprint density at radius 1 is 1.54 bits per heavy atom. The third-order valence-electron chi connectivity index (χ3n) is 1.71. The molecule has 1 rings (SSSR count). The smallest absolute Gasteiger partial charge is 0.213 e. The number of methoxy groups -OCH3 is 1. The first-order valence-corrected chi connectivity index (χ1v) is 4.07. The first kappa shape index (κ1) is 9.74. The average molecular weight is 179 g/mol. The van der Waals surface area contributed by atoms with Crippen LogP contribution < -0.4 is 4.74 Å². The molecule has 1 heterocycles. The molecular weight excluding hydrogens is 166 g/mol. The Morgan fingerprint density at radius 3 is 2.85 bits per heavy atom. The van der Waals surface area contributed by atoms with E-state index in [1.54, 1.807) is 19.3 Å². The van der Waals surface area contributed by atoms with E-state index in [1.807, 2.05) is 19.1 Å². The van der Waals surface area contributed by atoms with Crippen LogP contribution in [0.1, 0.15) is 11.3 Å². The molecule has 0 aliphatic heterocycles. The van der Waals surface area contributed by atoms with Crippen LogP contribution in [0.3, 0.4) is 0 Å². The number of aliphatic hydroxyl groups is 1. The van der Waals surface area contributed by atoms with E-state index in [-0.39, 0.29) is 6.61 Å². The molecule has 0 amide bonds. The Hall–Kier alpha value is -1.35. The number of aliphatic hydroxyl groups excluding tert-OH is 1. The monoisotopic (exact) mass is 179 g/mol. The van der Waals surface area contributed by atoms with Gasteiger partial charge in [0.2, 0.25) is 5.88 Å². The highest BCUT2D eigenvalue weighted by Gasteiger charge is 1.97. The fraction of sp³-hybridized carbons (Fsp3) is 0.300. The van der Waals surface area contributed by atoms with Gasteiger partial charge in [0.1, 0.15) is 0 Å². The predicted octanol–water partition coefficient (Wildman–Crippen LogP) is 1.40. The van der Waals surface area contributed by atoms with Gasteiger partial charge < -0.3 is 9.84 Å². The van der Waals surface area contributed by atoms with Crippen molar-refractivity contribution in [3.8, 4) is 5.88 Å². The molecule has 0 atom stereocenters. The number of rotatable bonds is 3. The molecule has 1 aromatic rings. The lowest BCUT2D eigenvalue weighted by Crippen LogP contribution is -1.91. The van der Waals surface area contributed by atoms with Gasteiger partial charge in [0.15, 0.2) is 0 Å². The van der Waals surface area contributed by atoms with E-state index in [0.717, 1.165) is 11.3 Å². The van der Waals surface area contributed by atoms with Gasteiger partial charge >= 0.3 is 0 Å². The lowest BCUT2D eigenvalue weighted by atomic mass is 10.2. The van der Waals surface area contributed by atoms with Crippen molar-refractivity contribution in [3.05, 3.63) is 29.5 Å². The van der Waals surface area contributed by atoms with Crippen LogP contribution in [0.4, 0.5) is 0 Å². The number of aryl methyl sites for hydroxylation is 1. The van der Waals surface area contributed by atoms with Crippen LogP contribution >= 0.6 is 0 Å². The van der Waals surface area contributed by atoms with E-state index in [0.29, 0.717) is 5.88 Å². The molecule has 0 fully saturated rings. The van der Waals surface area contributed by atoms with Crippen molar-refractivity contribution in [3.63, 3.8) is 0 Å². The first-order valence-electron chi connectivity index (χ1n) is 4.07. The summed E-state index contributed by atoms with van der Waals surface area (Å²) in [5.41, 5.74) is 1.89. The Labute approximate surface area is 77.7 Å². The number of pyridine rings is 1. The standard InChI is InChI=1S/C10H13NO2/c1-8-9(4-3-7-12)5-6-10(11-8)13-2/h3-6,12H,7H2,1-2H3. The van der Waals surface area contributed by atoms with Gasteiger partial charge in [-0.15, -0.1) is 0 Å². The van der Waals surface area contributed by atoms with Crippen molar-refractivity contribution >= 4 is 6.08 Å². The minimum atomic E-state index is 0.0471. The molecule has 0 aliphatic rings. The molecule has 70 valence electrons. The Balaban J connectivity index is 2.91. The summed E-state index contributed by atoms with van der Waals surface area (Å²) < 4.78 is 4.97. The van der Waals surface area contributed by atoms with Crippen LogP contribution in [0.5, 0.6) is 5.88 Å². The zero-order chi connectivity index (χ0) is 9.68. The minimum absolute atomic E-state index is 0.0471. The summed E-state index contributed by atoms with van der Waals surface area (Å²) in [5.74, 6) is 0.610. The molecule has 0 bridgehead atoms. The topological polar surface area (TPSA) is 42.4 Å². The van der Waals surface area contributed by atoms with E-state index in [9.17, 15) is 0 Å². The molecule has 13 heavy (non-hydrogen) atoms. The minimum Gasteiger partial charge on any atom is -0.481 e. The van der Waals surface area contributed by atoms with Crippen LogP contribution in [-0.2, 0) is 0 Å². The summed E-state index contributed by atoms with van der Waals surface area (Å²) in [6.07, 6.45) is 3.51. The van der Waals surface area contributed by atoms with Crippen LogP contribution in [-0.4, -0.2) is 23.8 Å². The molecule has 0 spiro atoms. The molecule has 0 saturated heterocycles. The molecule has 0 aromatic carbocycles. The second-order valence-electron chi connectivity index (χ2n) is 2.61. The second kappa shape index (κ2) is 4.62. The van der Waals surface area contributed by atoms with Crippen LogP contribution in [0.2, 0.25) is 0 Å². The molecule has 3 nitrogen and oxygen atoms in total. The largest absolute Gasteiger partial charge is 0.481 e. The molecule has 0 radical (unpaired) electrons. The number of aromatic nitrogens is 1. The van der Waals surface area contributed by atoms with Gasteiger partial charge in [-0.3, -0.25) is 0 Å². The Kier molecular flexibility index (Phi) is 3.46. The third kappa shape index (κ3) is 2.56. The van der Waals surface area contributed by atoms with Gasteiger partial charge in [-0.05, 0) is 18.6 Å². The summed E-state index contributed by atoms with van der Waals surface area (Å²) >= 11 is 0. The molecule has 0 saturated carbocycles. The second-order valence-corrected chi connectivity index (χ2v) is 2.61. The lowest BCUT2D eigenvalue weighted by Gasteiger charge is -2.02. The van der Waals surface area contributed by atoms with E-state index >= 15 is 0 Å². The van der Waals surface area contributed by atoms with E-state index in [4.69, 9.17) is 9.84 Å². The maximum absolute atomic E-state index is 8.59. The fourth-order valence-corrected chi connectivity index (χ4v) is 1.02. The summed E-state index contributed by atoms with van der Waals surface area (Å²) in [7, 11) is 1.59. The quantitative estimate of drug-likeness (QED) is 0.762. The van der Waals surface area contributed by atoms with Gasteiger partial charge in [0.25, 0.3) is 0 Å². The normalized spacial score (nSPS) is 10.7. The number of hydrogen-bond acceptors (Lipinski definition) is 3. The van der Waals surface area contributed by atoms with Crippen molar-refractivity contribution < 1.29 is 9.84 Å². The molecule has 0 unspecified atom stereocenters. The van der Waals surface area contributed by atoms with Crippen molar-refractivity contribution in [1.29, 1.82) is 0 Å². The van der Waals surface area contributed by atoms with E-state index < -0.39 is 0 Å².